The van der Waals surface area contributed by atoms with Crippen molar-refractivity contribution in [1.29, 1.82) is 0 Å². The number of aliphatic carboxylic acids is 1. The van der Waals surface area contributed by atoms with Crippen molar-refractivity contribution in [3.05, 3.63) is 35.9 Å². The minimum atomic E-state index is -1.18. The number of amides is 1. The van der Waals surface area contributed by atoms with Crippen molar-refractivity contribution in [3.8, 4) is 0 Å². The molecule has 1 aromatic carbocycles. The minimum absolute atomic E-state index is 0.0350. The van der Waals surface area contributed by atoms with Gasteiger partial charge in [-0.15, -0.1) is 0 Å². The highest BCUT2D eigenvalue weighted by atomic mass is 16.6. The Bertz CT molecular complexity index is 464. The van der Waals surface area contributed by atoms with Crippen molar-refractivity contribution >= 4 is 12.1 Å². The van der Waals surface area contributed by atoms with Gasteiger partial charge in [0.1, 0.15) is 6.61 Å². The fourth-order valence-corrected chi connectivity index (χ4v) is 1.66. The maximum Gasteiger partial charge on any atom is 0.410 e. The molecule has 0 aromatic heterocycles. The van der Waals surface area contributed by atoms with Gasteiger partial charge in [0.2, 0.25) is 0 Å². The third-order valence-corrected chi connectivity index (χ3v) is 2.97. The van der Waals surface area contributed by atoms with Gasteiger partial charge in [0.25, 0.3) is 0 Å². The van der Waals surface area contributed by atoms with Crippen LogP contribution in [-0.4, -0.2) is 60.1 Å². The molecular formula is C15H21NO6. The van der Waals surface area contributed by atoms with E-state index in [-0.39, 0.29) is 26.4 Å². The standard InChI is InChI=1S/C15H21NO6/c1-16(13(14(18)19)11-21-9-5-8-17)15(20)22-10-12-6-3-2-4-7-12/h2-4,6-7,13,17H,5,8-11H2,1H3,(H,18,19). The minimum Gasteiger partial charge on any atom is -0.480 e. The Morgan fingerprint density at radius 1 is 1.27 bits per heavy atom. The molecule has 1 rings (SSSR count). The van der Waals surface area contributed by atoms with Crippen LogP contribution in [0.3, 0.4) is 0 Å². The first-order valence-corrected chi connectivity index (χ1v) is 6.91. The van der Waals surface area contributed by atoms with Crippen LogP contribution in [0.15, 0.2) is 30.3 Å². The molecule has 7 nitrogen and oxygen atoms in total. The highest BCUT2D eigenvalue weighted by molar-refractivity contribution is 5.80. The van der Waals surface area contributed by atoms with Crippen LogP contribution in [0, 0.1) is 0 Å². The number of likely N-dealkylation sites (N-methyl/N-ethyl adjacent to an activating group) is 1. The summed E-state index contributed by atoms with van der Waals surface area (Å²) in [6.07, 6.45) is -0.323. The molecule has 0 radical (unpaired) electrons. The number of ether oxygens (including phenoxy) is 2. The van der Waals surface area contributed by atoms with Crippen LogP contribution in [0.1, 0.15) is 12.0 Å². The van der Waals surface area contributed by atoms with Crippen LogP contribution in [0.2, 0.25) is 0 Å². The Morgan fingerprint density at radius 2 is 1.95 bits per heavy atom. The number of aliphatic hydroxyl groups is 1. The third-order valence-electron chi connectivity index (χ3n) is 2.97. The zero-order chi connectivity index (χ0) is 16.4. The second-order valence-electron chi connectivity index (χ2n) is 4.66. The number of rotatable bonds is 9. The predicted octanol–water partition coefficient (Wildman–Crippen LogP) is 1.11. The molecule has 22 heavy (non-hydrogen) atoms. The molecule has 0 heterocycles. The fourth-order valence-electron chi connectivity index (χ4n) is 1.66. The number of hydrogen-bond acceptors (Lipinski definition) is 5. The Morgan fingerprint density at radius 3 is 2.55 bits per heavy atom. The highest BCUT2D eigenvalue weighted by Crippen LogP contribution is 2.06. The monoisotopic (exact) mass is 311 g/mol. The molecule has 0 spiro atoms. The van der Waals surface area contributed by atoms with Gasteiger partial charge in [0.15, 0.2) is 6.04 Å². The van der Waals surface area contributed by atoms with E-state index in [1.54, 1.807) is 12.1 Å². The highest BCUT2D eigenvalue weighted by Gasteiger charge is 2.27. The molecule has 0 bridgehead atoms. The van der Waals surface area contributed by atoms with Crippen LogP contribution in [0.5, 0.6) is 0 Å². The summed E-state index contributed by atoms with van der Waals surface area (Å²) in [4.78, 5) is 24.1. The number of carboxylic acids is 1. The maximum absolute atomic E-state index is 11.9. The molecule has 0 saturated heterocycles. The summed E-state index contributed by atoms with van der Waals surface area (Å²) in [5.41, 5.74) is 0.815. The second kappa shape index (κ2) is 9.75. The second-order valence-corrected chi connectivity index (χ2v) is 4.66. The largest absolute Gasteiger partial charge is 0.480 e. The van der Waals surface area contributed by atoms with E-state index in [2.05, 4.69) is 0 Å². The molecule has 2 N–H and O–H groups in total. The van der Waals surface area contributed by atoms with E-state index >= 15 is 0 Å². The summed E-state index contributed by atoms with van der Waals surface area (Å²) < 4.78 is 10.2. The van der Waals surface area contributed by atoms with Crippen molar-refractivity contribution in [2.75, 3.05) is 26.9 Å². The molecule has 0 fully saturated rings. The van der Waals surface area contributed by atoms with Crippen LogP contribution in [0.4, 0.5) is 4.79 Å². The van der Waals surface area contributed by atoms with E-state index in [4.69, 9.17) is 19.7 Å². The zero-order valence-corrected chi connectivity index (χ0v) is 12.5. The average molecular weight is 311 g/mol. The smallest absolute Gasteiger partial charge is 0.410 e. The SMILES string of the molecule is CN(C(=O)OCc1ccccc1)C(COCCCO)C(=O)O. The first-order valence-electron chi connectivity index (χ1n) is 6.91. The first-order chi connectivity index (χ1) is 10.6. The van der Waals surface area contributed by atoms with Gasteiger partial charge in [-0.25, -0.2) is 9.59 Å². The lowest BCUT2D eigenvalue weighted by Gasteiger charge is -2.24. The molecule has 0 aliphatic carbocycles. The van der Waals surface area contributed by atoms with Crippen LogP contribution in [-0.2, 0) is 20.9 Å². The normalized spacial score (nSPS) is 11.7. The lowest BCUT2D eigenvalue weighted by atomic mass is 10.2. The van der Waals surface area contributed by atoms with Crippen molar-refractivity contribution in [1.82, 2.24) is 4.90 Å². The topological polar surface area (TPSA) is 96.3 Å². The molecular weight excluding hydrogens is 290 g/mol. The average Bonchev–Trinajstić information content (AvgIpc) is 2.52. The predicted molar refractivity (Wildman–Crippen MR) is 78.3 cm³/mol. The molecule has 1 atom stereocenters. The number of carboxylic acid groups (broad SMARTS) is 1. The third kappa shape index (κ3) is 6.11. The van der Waals surface area contributed by atoms with Gasteiger partial charge in [-0.1, -0.05) is 30.3 Å². The number of hydrogen-bond donors (Lipinski definition) is 2. The fraction of sp³-hybridized carbons (Fsp3) is 0.467. The molecule has 0 aliphatic rings. The summed E-state index contributed by atoms with van der Waals surface area (Å²) >= 11 is 0. The van der Waals surface area contributed by atoms with Gasteiger partial charge < -0.3 is 19.7 Å². The van der Waals surface area contributed by atoms with Crippen molar-refractivity contribution in [2.45, 2.75) is 19.1 Å². The van der Waals surface area contributed by atoms with E-state index in [0.717, 1.165) is 10.5 Å². The van der Waals surface area contributed by atoms with E-state index in [1.807, 2.05) is 18.2 Å². The lowest BCUT2D eigenvalue weighted by Crippen LogP contribution is -2.45. The zero-order valence-electron chi connectivity index (χ0n) is 12.5. The Balaban J connectivity index is 2.47. The van der Waals surface area contributed by atoms with Crippen molar-refractivity contribution in [2.24, 2.45) is 0 Å². The molecule has 1 unspecified atom stereocenters. The van der Waals surface area contributed by atoms with Crippen LogP contribution >= 0.6 is 0 Å². The van der Waals surface area contributed by atoms with Gasteiger partial charge >= 0.3 is 12.1 Å². The molecule has 0 saturated carbocycles. The Labute approximate surface area is 129 Å². The molecule has 0 aliphatic heterocycles. The summed E-state index contributed by atoms with van der Waals surface area (Å²) in [7, 11) is 1.35. The van der Waals surface area contributed by atoms with E-state index in [1.165, 1.54) is 7.05 Å². The maximum atomic E-state index is 11.9. The summed E-state index contributed by atoms with van der Waals surface area (Å²) in [6.45, 7) is 0.105. The van der Waals surface area contributed by atoms with Gasteiger partial charge in [-0.2, -0.15) is 0 Å². The number of nitrogens with zero attached hydrogens (tertiary/aromatic N) is 1. The van der Waals surface area contributed by atoms with Gasteiger partial charge in [0, 0.05) is 20.3 Å². The van der Waals surface area contributed by atoms with Gasteiger partial charge in [-0.05, 0) is 12.0 Å². The summed E-state index contributed by atoms with van der Waals surface area (Å²) in [5, 5.41) is 17.8. The van der Waals surface area contributed by atoms with Crippen LogP contribution < -0.4 is 0 Å². The van der Waals surface area contributed by atoms with Gasteiger partial charge in [0.05, 0.1) is 6.61 Å². The van der Waals surface area contributed by atoms with E-state index < -0.39 is 18.1 Å². The molecule has 1 amide bonds. The number of aliphatic hydroxyl groups excluding tert-OH is 1. The van der Waals surface area contributed by atoms with E-state index in [9.17, 15) is 9.59 Å². The first kappa shape index (κ1) is 17.9. The van der Waals surface area contributed by atoms with Crippen molar-refractivity contribution in [3.63, 3.8) is 0 Å². The van der Waals surface area contributed by atoms with Crippen molar-refractivity contribution < 1.29 is 29.3 Å². The Kier molecular flexibility index (Phi) is 7.95. The molecule has 1 aromatic rings. The quantitative estimate of drug-likeness (QED) is 0.663. The summed E-state index contributed by atoms with van der Waals surface area (Å²) in [5.74, 6) is -1.18. The molecule has 122 valence electrons. The summed E-state index contributed by atoms with van der Waals surface area (Å²) in [6, 6.07) is 7.97. The van der Waals surface area contributed by atoms with Crippen LogP contribution in [0.25, 0.3) is 0 Å². The van der Waals surface area contributed by atoms with Gasteiger partial charge in [-0.3, -0.25) is 4.90 Å². The Hall–Kier alpha value is -2.12. The molecule has 7 heteroatoms. The number of carbonyl (C=O) groups excluding carboxylic acids is 1. The lowest BCUT2D eigenvalue weighted by molar-refractivity contribution is -0.144. The number of carbonyl (C=O) groups is 2. The number of benzene rings is 1. The van der Waals surface area contributed by atoms with E-state index in [0.29, 0.717) is 6.42 Å².